The number of halogens is 2. The molecule has 1 saturated carbocycles. The molecule has 1 aliphatic rings. The van der Waals surface area contributed by atoms with Crippen LogP contribution in [0, 0.1) is 11.6 Å². The van der Waals surface area contributed by atoms with Gasteiger partial charge in [-0.25, -0.2) is 8.78 Å². The van der Waals surface area contributed by atoms with Gasteiger partial charge in [-0.1, -0.05) is 6.92 Å². The maximum absolute atomic E-state index is 13.5. The fourth-order valence-electron chi connectivity index (χ4n) is 1.68. The lowest BCUT2D eigenvalue weighted by molar-refractivity contribution is 0.403. The van der Waals surface area contributed by atoms with Crippen LogP contribution in [0.3, 0.4) is 0 Å². The highest BCUT2D eigenvalue weighted by molar-refractivity contribution is 5.38. The lowest BCUT2D eigenvalue weighted by Crippen LogP contribution is -2.07. The first-order chi connectivity index (χ1) is 6.57. The highest BCUT2D eigenvalue weighted by Gasteiger charge is 2.43. The third-order valence-electron chi connectivity index (χ3n) is 2.85. The van der Waals surface area contributed by atoms with E-state index in [2.05, 4.69) is 0 Å². The zero-order valence-corrected chi connectivity index (χ0v) is 8.23. The molecule has 0 aliphatic heterocycles. The lowest BCUT2D eigenvalue weighted by atomic mass is 9.97. The zero-order chi connectivity index (χ0) is 10.3. The maximum atomic E-state index is 13.5. The number of hydrogen-bond donors (Lipinski definition) is 0. The molecular weight excluding hydrogens is 186 g/mol. The van der Waals surface area contributed by atoms with Crippen molar-refractivity contribution in [1.82, 2.24) is 0 Å². The van der Waals surface area contributed by atoms with Crippen LogP contribution in [0.1, 0.15) is 25.3 Å². The highest BCUT2D eigenvalue weighted by Crippen LogP contribution is 2.49. The van der Waals surface area contributed by atoms with Crippen LogP contribution in [0.25, 0.3) is 0 Å². The van der Waals surface area contributed by atoms with Crippen molar-refractivity contribution in [3.8, 4) is 5.75 Å². The van der Waals surface area contributed by atoms with Gasteiger partial charge in [-0.05, 0) is 18.3 Å². The fraction of sp³-hybridized carbons (Fsp3) is 0.455. The van der Waals surface area contributed by atoms with Crippen molar-refractivity contribution in [1.29, 1.82) is 0 Å². The van der Waals surface area contributed by atoms with Crippen molar-refractivity contribution in [3.63, 3.8) is 0 Å². The molecule has 0 radical (unpaired) electrons. The second kappa shape index (κ2) is 2.94. The molecule has 1 aromatic carbocycles. The van der Waals surface area contributed by atoms with Crippen molar-refractivity contribution in [2.75, 3.05) is 7.11 Å². The molecule has 0 unspecified atom stereocenters. The normalized spacial score (nSPS) is 18.0. The van der Waals surface area contributed by atoms with Gasteiger partial charge in [0.05, 0.1) is 7.11 Å². The Morgan fingerprint density at radius 3 is 2.07 bits per heavy atom. The molecule has 1 aliphatic carbocycles. The van der Waals surface area contributed by atoms with Gasteiger partial charge in [-0.3, -0.25) is 0 Å². The SMILES string of the molecule is COc1cc(F)c(C2(C)CC2)c(F)c1. The summed E-state index contributed by atoms with van der Waals surface area (Å²) in [4.78, 5) is 0. The Morgan fingerprint density at radius 1 is 1.21 bits per heavy atom. The van der Waals surface area contributed by atoms with E-state index in [1.165, 1.54) is 19.2 Å². The van der Waals surface area contributed by atoms with Crippen LogP contribution in [0.15, 0.2) is 12.1 Å². The minimum atomic E-state index is -0.498. The minimum Gasteiger partial charge on any atom is -0.497 e. The summed E-state index contributed by atoms with van der Waals surface area (Å²) in [6.07, 6.45) is 1.71. The first kappa shape index (κ1) is 9.44. The molecule has 1 nitrogen and oxygen atoms in total. The molecule has 0 atom stereocenters. The molecule has 1 fully saturated rings. The van der Waals surface area contributed by atoms with E-state index in [1.54, 1.807) is 0 Å². The molecule has 14 heavy (non-hydrogen) atoms. The summed E-state index contributed by atoms with van der Waals surface area (Å²) in [5.74, 6) is -0.767. The minimum absolute atomic E-state index is 0.207. The molecule has 0 aromatic heterocycles. The van der Waals surface area contributed by atoms with E-state index in [0.717, 1.165) is 12.8 Å². The van der Waals surface area contributed by atoms with Gasteiger partial charge in [0.2, 0.25) is 0 Å². The first-order valence-corrected chi connectivity index (χ1v) is 4.60. The molecule has 0 saturated heterocycles. The molecule has 3 heteroatoms. The number of methoxy groups -OCH3 is 1. The third-order valence-corrected chi connectivity index (χ3v) is 2.85. The molecule has 76 valence electrons. The highest BCUT2D eigenvalue weighted by atomic mass is 19.1. The summed E-state index contributed by atoms with van der Waals surface area (Å²) in [5, 5.41) is 0. The van der Waals surface area contributed by atoms with Gasteiger partial charge in [0.1, 0.15) is 17.4 Å². The van der Waals surface area contributed by atoms with Gasteiger partial charge >= 0.3 is 0 Å². The monoisotopic (exact) mass is 198 g/mol. The fourth-order valence-corrected chi connectivity index (χ4v) is 1.68. The predicted octanol–water partition coefficient (Wildman–Crippen LogP) is 3.02. The second-order valence-corrected chi connectivity index (χ2v) is 4.03. The average Bonchev–Trinajstić information content (AvgIpc) is 2.82. The Labute approximate surface area is 81.7 Å². The number of hydrogen-bond acceptors (Lipinski definition) is 1. The molecule has 0 amide bonds. The van der Waals surface area contributed by atoms with Gasteiger partial charge in [0.15, 0.2) is 0 Å². The van der Waals surface area contributed by atoms with Crippen LogP contribution >= 0.6 is 0 Å². The molecule has 0 bridgehead atoms. The van der Waals surface area contributed by atoms with Crippen LogP contribution in [0.2, 0.25) is 0 Å². The van der Waals surface area contributed by atoms with Gasteiger partial charge < -0.3 is 4.74 Å². The molecule has 1 aromatic rings. The van der Waals surface area contributed by atoms with Crippen LogP contribution in [-0.4, -0.2) is 7.11 Å². The van der Waals surface area contributed by atoms with E-state index in [1.807, 2.05) is 6.92 Å². The summed E-state index contributed by atoms with van der Waals surface area (Å²) in [6.45, 7) is 1.88. The van der Waals surface area contributed by atoms with E-state index in [0.29, 0.717) is 0 Å². The van der Waals surface area contributed by atoms with Crippen LogP contribution in [-0.2, 0) is 5.41 Å². The maximum Gasteiger partial charge on any atom is 0.133 e. The van der Waals surface area contributed by atoms with Crippen molar-refractivity contribution in [2.45, 2.75) is 25.2 Å². The Kier molecular flexibility index (Phi) is 1.98. The predicted molar refractivity (Wildman–Crippen MR) is 49.5 cm³/mol. The van der Waals surface area contributed by atoms with E-state index >= 15 is 0 Å². The lowest BCUT2D eigenvalue weighted by Gasteiger charge is -2.12. The topological polar surface area (TPSA) is 9.23 Å². The third kappa shape index (κ3) is 1.37. The Bertz CT molecular complexity index is 347. The molecule has 0 N–H and O–H groups in total. The first-order valence-electron chi connectivity index (χ1n) is 4.60. The summed E-state index contributed by atoms with van der Waals surface area (Å²) >= 11 is 0. The quantitative estimate of drug-likeness (QED) is 0.709. The van der Waals surface area contributed by atoms with E-state index in [4.69, 9.17) is 4.74 Å². The van der Waals surface area contributed by atoms with E-state index in [-0.39, 0.29) is 16.7 Å². The van der Waals surface area contributed by atoms with Crippen molar-refractivity contribution >= 4 is 0 Å². The second-order valence-electron chi connectivity index (χ2n) is 4.03. The number of benzene rings is 1. The Hall–Kier alpha value is -1.12. The average molecular weight is 198 g/mol. The summed E-state index contributed by atoms with van der Waals surface area (Å²) in [7, 11) is 1.40. The van der Waals surface area contributed by atoms with Crippen molar-refractivity contribution in [3.05, 3.63) is 29.3 Å². The molecule has 0 spiro atoms. The van der Waals surface area contributed by atoms with Crippen LogP contribution in [0.5, 0.6) is 5.75 Å². The van der Waals surface area contributed by atoms with Crippen LogP contribution < -0.4 is 4.74 Å². The van der Waals surface area contributed by atoms with Crippen molar-refractivity contribution in [2.24, 2.45) is 0 Å². The summed E-state index contributed by atoms with van der Waals surface area (Å²) in [5.41, 5.74) is -0.0845. The van der Waals surface area contributed by atoms with Gasteiger partial charge in [-0.15, -0.1) is 0 Å². The summed E-state index contributed by atoms with van der Waals surface area (Å²) < 4.78 is 31.8. The van der Waals surface area contributed by atoms with Gasteiger partial charge in [0, 0.05) is 17.7 Å². The van der Waals surface area contributed by atoms with Gasteiger partial charge in [0.25, 0.3) is 0 Å². The van der Waals surface area contributed by atoms with E-state index in [9.17, 15) is 8.78 Å². The smallest absolute Gasteiger partial charge is 0.133 e. The number of ether oxygens (including phenoxy) is 1. The van der Waals surface area contributed by atoms with E-state index < -0.39 is 11.6 Å². The molecule has 0 heterocycles. The zero-order valence-electron chi connectivity index (χ0n) is 8.23. The van der Waals surface area contributed by atoms with Crippen molar-refractivity contribution < 1.29 is 13.5 Å². The Balaban J connectivity index is 2.50. The number of rotatable bonds is 2. The largest absolute Gasteiger partial charge is 0.497 e. The van der Waals surface area contributed by atoms with Crippen LogP contribution in [0.4, 0.5) is 8.78 Å². The standard InChI is InChI=1S/C11H12F2O/c1-11(3-4-11)10-8(12)5-7(14-2)6-9(10)13/h5-6H,3-4H2,1-2H3. The molecular formula is C11H12F2O. The van der Waals surface area contributed by atoms with Gasteiger partial charge in [-0.2, -0.15) is 0 Å². The summed E-state index contributed by atoms with van der Waals surface area (Å²) in [6, 6.07) is 2.48. The Morgan fingerprint density at radius 2 is 1.71 bits per heavy atom. The molecule has 2 rings (SSSR count).